The number of anilines is 2. The molecule has 2 atom stereocenters. The summed E-state index contributed by atoms with van der Waals surface area (Å²) in [5.74, 6) is 0.788. The fourth-order valence-corrected chi connectivity index (χ4v) is 5.19. The van der Waals surface area contributed by atoms with E-state index in [9.17, 15) is 4.39 Å². The van der Waals surface area contributed by atoms with E-state index in [1.807, 2.05) is 13.1 Å². The smallest absolute Gasteiger partial charge is 0.149 e. The lowest BCUT2D eigenvalue weighted by Gasteiger charge is -2.28. The number of H-pyrrole nitrogens is 1. The van der Waals surface area contributed by atoms with Gasteiger partial charge in [0.2, 0.25) is 0 Å². The Labute approximate surface area is 214 Å². The quantitative estimate of drug-likeness (QED) is 0.274. The van der Waals surface area contributed by atoms with Gasteiger partial charge < -0.3 is 25.7 Å². The largest absolute Gasteiger partial charge is 0.486 e. The predicted octanol–water partition coefficient (Wildman–Crippen LogP) is 5.77. The number of rotatable bonds is 7. The summed E-state index contributed by atoms with van der Waals surface area (Å²) in [5, 5.41) is 3.54. The summed E-state index contributed by atoms with van der Waals surface area (Å²) < 4.78 is 20.4. The van der Waals surface area contributed by atoms with Crippen LogP contribution in [0.4, 0.5) is 15.8 Å². The third-order valence-corrected chi connectivity index (χ3v) is 7.05. The number of benzene rings is 2. The minimum absolute atomic E-state index is 0.220. The van der Waals surface area contributed by atoms with Crippen LogP contribution in [0.25, 0.3) is 11.0 Å². The summed E-state index contributed by atoms with van der Waals surface area (Å²) >= 11 is 6.17. The van der Waals surface area contributed by atoms with Gasteiger partial charge in [-0.3, -0.25) is 4.98 Å². The number of fused-ring (bicyclic) bond motifs is 1. The molecule has 0 aliphatic carbocycles. The Bertz CT molecular complexity index is 1350. The zero-order valence-electron chi connectivity index (χ0n) is 20.4. The van der Waals surface area contributed by atoms with Gasteiger partial charge in [0.1, 0.15) is 23.5 Å². The molecule has 2 aromatic heterocycles. The van der Waals surface area contributed by atoms with Crippen molar-refractivity contribution < 1.29 is 9.13 Å². The van der Waals surface area contributed by atoms with Crippen molar-refractivity contribution in [1.29, 1.82) is 0 Å². The minimum Gasteiger partial charge on any atom is -0.486 e. The molecule has 0 radical (unpaired) electrons. The predicted molar refractivity (Wildman–Crippen MR) is 142 cm³/mol. The van der Waals surface area contributed by atoms with Crippen molar-refractivity contribution in [3.8, 4) is 5.75 Å². The molecule has 3 heterocycles. The van der Waals surface area contributed by atoms with E-state index in [1.165, 1.54) is 31.1 Å². The number of nitrogens with two attached hydrogens (primary N) is 1. The molecule has 188 valence electrons. The second-order valence-electron chi connectivity index (χ2n) is 9.16. The number of ether oxygens (including phenoxy) is 1. The molecule has 0 bridgehead atoms. The summed E-state index contributed by atoms with van der Waals surface area (Å²) in [4.78, 5) is 14.5. The number of halogens is 2. The number of nitrogen functional groups attached to an aromatic ring is 1. The van der Waals surface area contributed by atoms with Crippen LogP contribution in [0.1, 0.15) is 55.3 Å². The molecule has 2 aromatic carbocycles. The molecule has 7 nitrogen and oxygen atoms in total. The molecular weight excluding hydrogens is 479 g/mol. The van der Waals surface area contributed by atoms with E-state index < -0.39 is 11.9 Å². The number of nitrogens with one attached hydrogen (secondary N) is 2. The van der Waals surface area contributed by atoms with Crippen LogP contribution < -0.4 is 20.7 Å². The van der Waals surface area contributed by atoms with Crippen LogP contribution in [0.2, 0.25) is 5.02 Å². The van der Waals surface area contributed by atoms with Crippen molar-refractivity contribution in [2.45, 2.75) is 38.3 Å². The van der Waals surface area contributed by atoms with Crippen molar-refractivity contribution in [2.24, 2.45) is 0 Å². The standard InChI is InChI=1S/C27H30ClFN6O/c1-16(25-20(28)14-32-15-21(25)29)36-18-7-8-22(30)19(13-18)26(31-2)27-33-23-9-6-17(12-24(23)34-27)35-10-4-3-5-11-35/h6-9,12-16,26,31H,3-5,10-11,30H2,1-2H3,(H,33,34). The van der Waals surface area contributed by atoms with E-state index in [-0.39, 0.29) is 16.6 Å². The third-order valence-electron chi connectivity index (χ3n) is 6.75. The van der Waals surface area contributed by atoms with Crippen molar-refractivity contribution in [1.82, 2.24) is 20.3 Å². The first kappa shape index (κ1) is 24.3. The van der Waals surface area contributed by atoms with E-state index in [1.54, 1.807) is 19.1 Å². The first-order valence-electron chi connectivity index (χ1n) is 12.2. The zero-order chi connectivity index (χ0) is 25.2. The van der Waals surface area contributed by atoms with Crippen LogP contribution in [0.5, 0.6) is 5.75 Å². The second-order valence-corrected chi connectivity index (χ2v) is 9.57. The molecule has 36 heavy (non-hydrogen) atoms. The average Bonchev–Trinajstić information content (AvgIpc) is 3.30. The van der Waals surface area contributed by atoms with Gasteiger partial charge in [0.15, 0.2) is 0 Å². The maximum Gasteiger partial charge on any atom is 0.149 e. The molecule has 9 heteroatoms. The fourth-order valence-electron chi connectivity index (χ4n) is 4.89. The summed E-state index contributed by atoms with van der Waals surface area (Å²) in [6, 6.07) is 11.5. The molecule has 4 N–H and O–H groups in total. The minimum atomic E-state index is -0.621. The van der Waals surface area contributed by atoms with Gasteiger partial charge in [0.05, 0.1) is 28.3 Å². The molecule has 1 aliphatic rings. The molecule has 1 aliphatic heterocycles. The topological polar surface area (TPSA) is 92.1 Å². The molecule has 0 saturated carbocycles. The van der Waals surface area contributed by atoms with Crippen LogP contribution in [0.15, 0.2) is 48.8 Å². The summed E-state index contributed by atoms with van der Waals surface area (Å²) in [7, 11) is 1.86. The molecule has 1 fully saturated rings. The van der Waals surface area contributed by atoms with Gasteiger partial charge in [-0.25, -0.2) is 9.37 Å². The summed E-state index contributed by atoms with van der Waals surface area (Å²) in [6.45, 7) is 3.91. The third kappa shape index (κ3) is 4.83. The van der Waals surface area contributed by atoms with Crippen molar-refractivity contribution in [2.75, 3.05) is 30.8 Å². The number of nitrogens with zero attached hydrogens (tertiary/aromatic N) is 3. The van der Waals surface area contributed by atoms with Gasteiger partial charge in [-0.2, -0.15) is 0 Å². The lowest BCUT2D eigenvalue weighted by molar-refractivity contribution is 0.221. The van der Waals surface area contributed by atoms with Gasteiger partial charge >= 0.3 is 0 Å². The monoisotopic (exact) mass is 508 g/mol. The van der Waals surface area contributed by atoms with Gasteiger partial charge in [-0.1, -0.05) is 11.6 Å². The van der Waals surface area contributed by atoms with Gasteiger partial charge in [0, 0.05) is 41.8 Å². The normalized spacial score (nSPS) is 15.7. The van der Waals surface area contributed by atoms with Crippen LogP contribution in [0.3, 0.4) is 0 Å². The van der Waals surface area contributed by atoms with Gasteiger partial charge in [-0.05, 0) is 69.6 Å². The van der Waals surface area contributed by atoms with E-state index in [0.717, 1.165) is 41.7 Å². The Balaban J connectivity index is 1.43. The van der Waals surface area contributed by atoms with Crippen LogP contribution in [-0.2, 0) is 0 Å². The zero-order valence-corrected chi connectivity index (χ0v) is 21.1. The Kier molecular flexibility index (Phi) is 6.98. The van der Waals surface area contributed by atoms with Gasteiger partial charge in [0.25, 0.3) is 0 Å². The molecule has 4 aromatic rings. The number of hydrogen-bond acceptors (Lipinski definition) is 6. The maximum absolute atomic E-state index is 14.3. The molecule has 5 rings (SSSR count). The lowest BCUT2D eigenvalue weighted by Crippen LogP contribution is -2.29. The highest BCUT2D eigenvalue weighted by Crippen LogP contribution is 2.34. The second kappa shape index (κ2) is 10.3. The number of hydrogen-bond donors (Lipinski definition) is 3. The van der Waals surface area contributed by atoms with E-state index in [0.29, 0.717) is 11.4 Å². The number of imidazole rings is 1. The maximum atomic E-state index is 14.3. The first-order chi connectivity index (χ1) is 17.4. The van der Waals surface area contributed by atoms with Gasteiger partial charge in [-0.15, -0.1) is 0 Å². The number of pyridine rings is 1. The Morgan fingerprint density at radius 2 is 1.94 bits per heavy atom. The highest BCUT2D eigenvalue weighted by Gasteiger charge is 2.22. The number of aromatic nitrogens is 3. The molecule has 0 amide bonds. The number of piperidine rings is 1. The molecule has 0 spiro atoms. The Morgan fingerprint density at radius 1 is 1.14 bits per heavy atom. The van der Waals surface area contributed by atoms with E-state index in [4.69, 9.17) is 27.1 Å². The van der Waals surface area contributed by atoms with Crippen molar-refractivity contribution in [3.05, 3.63) is 76.6 Å². The van der Waals surface area contributed by atoms with Crippen molar-refractivity contribution >= 4 is 34.0 Å². The lowest BCUT2D eigenvalue weighted by atomic mass is 10.0. The summed E-state index contributed by atoms with van der Waals surface area (Å²) in [5.41, 5.74) is 11.1. The Morgan fingerprint density at radius 3 is 2.69 bits per heavy atom. The SMILES string of the molecule is CNC(c1nc2cc(N3CCCCC3)ccc2[nH]1)c1cc(OC(C)c2c(F)cncc2Cl)ccc1N. The van der Waals surface area contributed by atoms with E-state index in [2.05, 4.69) is 38.4 Å². The fraction of sp³-hybridized carbons (Fsp3) is 0.333. The van der Waals surface area contributed by atoms with Crippen molar-refractivity contribution in [3.63, 3.8) is 0 Å². The van der Waals surface area contributed by atoms with Crippen LogP contribution in [-0.4, -0.2) is 35.1 Å². The first-order valence-corrected chi connectivity index (χ1v) is 12.6. The van der Waals surface area contributed by atoms with E-state index >= 15 is 0 Å². The highest BCUT2D eigenvalue weighted by atomic mass is 35.5. The highest BCUT2D eigenvalue weighted by molar-refractivity contribution is 6.31. The average molecular weight is 509 g/mol. The van der Waals surface area contributed by atoms with Crippen LogP contribution >= 0.6 is 11.6 Å². The molecule has 2 unspecified atom stereocenters. The Hall–Kier alpha value is -3.36. The number of aromatic amines is 1. The van der Waals surface area contributed by atoms with Crippen LogP contribution in [0, 0.1) is 5.82 Å². The molecule has 1 saturated heterocycles. The molecular formula is C27H30ClFN6O. The summed E-state index contributed by atoms with van der Waals surface area (Å²) in [6.07, 6.45) is 5.66.